The number of aromatic nitrogens is 3. The van der Waals surface area contributed by atoms with Gasteiger partial charge in [0, 0.05) is 19.3 Å². The summed E-state index contributed by atoms with van der Waals surface area (Å²) in [5, 5.41) is 4.17. The summed E-state index contributed by atoms with van der Waals surface area (Å²) in [6.45, 7) is 0.455. The lowest BCUT2D eigenvalue weighted by Gasteiger charge is -2.45. The minimum atomic E-state index is -3.53. The van der Waals surface area contributed by atoms with E-state index < -0.39 is 15.4 Å². The van der Waals surface area contributed by atoms with Crippen LogP contribution in [0.4, 0.5) is 4.39 Å². The number of nitrogens with zero attached hydrogens (tertiary/aromatic N) is 4. The van der Waals surface area contributed by atoms with E-state index >= 15 is 0 Å². The number of carbonyl (C=O) groups is 1. The Morgan fingerprint density at radius 1 is 1.05 bits per heavy atom. The van der Waals surface area contributed by atoms with Gasteiger partial charge in [-0.3, -0.25) is 9.78 Å². The molecule has 0 N–H and O–H groups in total. The average molecular weight is 521 g/mol. The summed E-state index contributed by atoms with van der Waals surface area (Å²) in [6.07, 6.45) is 10.4. The molecule has 6 rings (SSSR count). The maximum absolute atomic E-state index is 14.1. The lowest BCUT2D eigenvalue weighted by Crippen LogP contribution is -2.55. The number of fused-ring (bicyclic) bond motifs is 2. The van der Waals surface area contributed by atoms with Crippen LogP contribution in [0, 0.1) is 11.2 Å². The number of piperidine rings is 1. The highest BCUT2D eigenvalue weighted by Gasteiger charge is 2.52. The Morgan fingerprint density at radius 2 is 1.84 bits per heavy atom. The number of hydrogen-bond donors (Lipinski definition) is 0. The van der Waals surface area contributed by atoms with E-state index in [4.69, 9.17) is 0 Å². The van der Waals surface area contributed by atoms with E-state index in [2.05, 4.69) is 10.1 Å². The zero-order valence-corrected chi connectivity index (χ0v) is 21.3. The summed E-state index contributed by atoms with van der Waals surface area (Å²) in [5.41, 5.74) is 2.61. The van der Waals surface area contributed by atoms with Gasteiger partial charge in [0.2, 0.25) is 10.0 Å². The van der Waals surface area contributed by atoms with E-state index in [1.165, 1.54) is 12.1 Å². The molecule has 0 bridgehead atoms. The number of halogens is 1. The van der Waals surface area contributed by atoms with Crippen molar-refractivity contribution in [1.82, 2.24) is 19.1 Å². The molecular formula is C28H29FN4O3S. The molecule has 1 saturated heterocycles. The van der Waals surface area contributed by atoms with E-state index in [0.717, 1.165) is 41.8 Å². The Bertz CT molecular complexity index is 1460. The van der Waals surface area contributed by atoms with Crippen molar-refractivity contribution in [3.63, 3.8) is 0 Å². The van der Waals surface area contributed by atoms with E-state index in [9.17, 15) is 17.6 Å². The molecule has 1 aromatic carbocycles. The van der Waals surface area contributed by atoms with Crippen LogP contribution in [0.3, 0.4) is 0 Å². The Labute approximate surface area is 216 Å². The number of carbonyl (C=O) groups excluding carboxylic acids is 1. The van der Waals surface area contributed by atoms with Crippen molar-refractivity contribution in [1.29, 1.82) is 0 Å². The maximum atomic E-state index is 14.1. The zero-order valence-electron chi connectivity index (χ0n) is 20.5. The van der Waals surface area contributed by atoms with E-state index in [1.54, 1.807) is 51.7 Å². The molecule has 3 aliphatic rings. The van der Waals surface area contributed by atoms with Gasteiger partial charge in [0.15, 0.2) is 5.78 Å². The molecule has 0 spiro atoms. The van der Waals surface area contributed by atoms with Gasteiger partial charge in [0.1, 0.15) is 11.5 Å². The quantitative estimate of drug-likeness (QED) is 0.460. The van der Waals surface area contributed by atoms with Crippen LogP contribution in [0.1, 0.15) is 60.3 Å². The Balaban J connectivity index is 1.42. The summed E-state index contributed by atoms with van der Waals surface area (Å²) in [5.74, 6) is -0.488. The van der Waals surface area contributed by atoms with Gasteiger partial charge in [-0.05, 0) is 73.7 Å². The van der Waals surface area contributed by atoms with E-state index in [1.807, 2.05) is 6.08 Å². The fourth-order valence-electron chi connectivity index (χ4n) is 6.14. The predicted octanol–water partition coefficient (Wildman–Crippen LogP) is 4.58. The van der Waals surface area contributed by atoms with Gasteiger partial charge in [0.05, 0.1) is 28.2 Å². The lowest BCUT2D eigenvalue weighted by molar-refractivity contribution is 0.0769. The molecule has 0 amide bonds. The third-order valence-corrected chi connectivity index (χ3v) is 10.5. The average Bonchev–Trinajstić information content (AvgIpc) is 3.34. The van der Waals surface area contributed by atoms with Crippen molar-refractivity contribution in [2.24, 2.45) is 5.41 Å². The molecule has 3 heterocycles. The molecule has 2 aliphatic carbocycles. The third kappa shape index (κ3) is 4.14. The molecule has 1 atom stereocenters. The zero-order chi connectivity index (χ0) is 25.6. The number of Topliss-reactive ketones (excluding diaryl/α,β-unsaturated/α-hetero) is 1. The van der Waals surface area contributed by atoms with Gasteiger partial charge < -0.3 is 0 Å². The summed E-state index contributed by atoms with van der Waals surface area (Å²) < 4.78 is 44.3. The van der Waals surface area contributed by atoms with Crippen LogP contribution in [0.2, 0.25) is 0 Å². The third-order valence-electron chi connectivity index (χ3n) is 8.12. The molecule has 1 aliphatic heterocycles. The Morgan fingerprint density at radius 3 is 2.57 bits per heavy atom. The van der Waals surface area contributed by atoms with Gasteiger partial charge in [-0.1, -0.05) is 30.9 Å². The van der Waals surface area contributed by atoms with Crippen LogP contribution in [0.15, 0.2) is 60.4 Å². The molecule has 0 unspecified atom stereocenters. The van der Waals surface area contributed by atoms with Crippen LogP contribution in [-0.2, 0) is 16.4 Å². The van der Waals surface area contributed by atoms with E-state index in [0.29, 0.717) is 37.9 Å². The summed E-state index contributed by atoms with van der Waals surface area (Å²) >= 11 is 0. The van der Waals surface area contributed by atoms with Crippen molar-refractivity contribution >= 4 is 21.9 Å². The predicted molar refractivity (Wildman–Crippen MR) is 138 cm³/mol. The van der Waals surface area contributed by atoms with E-state index in [-0.39, 0.29) is 23.4 Å². The first-order valence-corrected chi connectivity index (χ1v) is 14.4. The van der Waals surface area contributed by atoms with Crippen LogP contribution in [0.25, 0.3) is 11.8 Å². The molecule has 9 heteroatoms. The first-order valence-electron chi connectivity index (χ1n) is 12.9. The normalized spacial score (nSPS) is 22.7. The number of hydrogen-bond acceptors (Lipinski definition) is 5. The van der Waals surface area contributed by atoms with Gasteiger partial charge in [-0.25, -0.2) is 21.8 Å². The second kappa shape index (κ2) is 9.29. The smallest absolute Gasteiger partial charge is 0.217 e. The number of ketones is 1. The van der Waals surface area contributed by atoms with Crippen molar-refractivity contribution in [3.8, 4) is 5.69 Å². The highest BCUT2D eigenvalue weighted by atomic mass is 32.2. The van der Waals surface area contributed by atoms with Gasteiger partial charge in [-0.2, -0.15) is 5.10 Å². The fourth-order valence-corrected chi connectivity index (χ4v) is 8.23. The molecule has 2 fully saturated rings. The first kappa shape index (κ1) is 24.2. The van der Waals surface area contributed by atoms with Gasteiger partial charge >= 0.3 is 0 Å². The SMILES string of the molecule is O=C(c1ccccn1)[C@]12Cc3cnn(-c4ccc(F)cc4)c3C=C1CCN(S(=O)(=O)C1CCCCC1)C2. The number of benzene rings is 1. The molecule has 7 nitrogen and oxygen atoms in total. The monoisotopic (exact) mass is 520 g/mol. The standard InChI is InChI=1S/C28H29FN4O3S/c29-22-9-11-23(12-10-22)33-26-16-21-13-15-32(37(35,36)24-6-2-1-3-7-24)19-28(21,17-20(26)18-31-33)27(34)25-8-4-5-14-30-25/h4-5,8-12,14,16,18,24H,1-3,6-7,13,15,17,19H2/t28-/m0/s1. The molecule has 37 heavy (non-hydrogen) atoms. The fraction of sp³-hybridized carbons (Fsp3) is 0.393. The minimum Gasteiger partial charge on any atom is -0.291 e. The first-order chi connectivity index (χ1) is 17.9. The van der Waals surface area contributed by atoms with Gasteiger partial charge in [0.25, 0.3) is 0 Å². The summed E-state index contributed by atoms with van der Waals surface area (Å²) in [7, 11) is -3.53. The number of pyridine rings is 1. The van der Waals surface area contributed by atoms with Crippen LogP contribution < -0.4 is 0 Å². The molecule has 3 aromatic rings. The van der Waals surface area contributed by atoms with Crippen molar-refractivity contribution in [2.45, 2.75) is 50.2 Å². The summed E-state index contributed by atoms with van der Waals surface area (Å²) in [4.78, 5) is 18.5. The molecule has 2 aromatic heterocycles. The minimum absolute atomic E-state index is 0.105. The Hall–Kier alpha value is -3.17. The largest absolute Gasteiger partial charge is 0.291 e. The van der Waals surface area contributed by atoms with Crippen LogP contribution >= 0.6 is 0 Å². The van der Waals surface area contributed by atoms with Crippen molar-refractivity contribution in [2.75, 3.05) is 13.1 Å². The molecule has 0 radical (unpaired) electrons. The Kier molecular flexibility index (Phi) is 6.07. The van der Waals surface area contributed by atoms with Crippen LogP contribution in [-0.4, -0.2) is 51.6 Å². The summed E-state index contributed by atoms with van der Waals surface area (Å²) in [6, 6.07) is 11.4. The highest BCUT2D eigenvalue weighted by molar-refractivity contribution is 7.89. The number of sulfonamides is 1. The van der Waals surface area contributed by atoms with Crippen LogP contribution in [0.5, 0.6) is 0 Å². The second-order valence-electron chi connectivity index (χ2n) is 10.3. The topological polar surface area (TPSA) is 85.2 Å². The molecule has 1 saturated carbocycles. The lowest BCUT2D eigenvalue weighted by atomic mass is 9.65. The maximum Gasteiger partial charge on any atom is 0.217 e. The molecule has 192 valence electrons. The second-order valence-corrected chi connectivity index (χ2v) is 12.5. The van der Waals surface area contributed by atoms with Crippen molar-refractivity contribution < 1.29 is 17.6 Å². The highest BCUT2D eigenvalue weighted by Crippen LogP contribution is 2.47. The van der Waals surface area contributed by atoms with Gasteiger partial charge in [-0.15, -0.1) is 0 Å². The number of rotatable bonds is 5. The molecular weight excluding hydrogens is 491 g/mol. The van der Waals surface area contributed by atoms with Crippen molar-refractivity contribution in [3.05, 3.63) is 83.2 Å².